The number of carbonyl (C=O) groups excluding carboxylic acids is 3. The van der Waals surface area contributed by atoms with E-state index in [0.29, 0.717) is 18.0 Å². The maximum atomic E-state index is 13.1. The third-order valence-corrected chi connectivity index (χ3v) is 7.40. The number of hydrogen-bond donors (Lipinski definition) is 1. The van der Waals surface area contributed by atoms with Gasteiger partial charge in [0.1, 0.15) is 5.41 Å². The van der Waals surface area contributed by atoms with Crippen molar-refractivity contribution in [2.75, 3.05) is 5.32 Å². The molecule has 0 aliphatic heterocycles. The molecule has 5 nitrogen and oxygen atoms in total. The molecule has 4 rings (SSSR count). The zero-order valence-corrected chi connectivity index (χ0v) is 14.6. The van der Waals surface area contributed by atoms with Crippen LogP contribution in [0.5, 0.6) is 0 Å². The first-order valence-electron chi connectivity index (χ1n) is 8.00. The number of benzene rings is 1. The summed E-state index contributed by atoms with van der Waals surface area (Å²) in [7, 11) is 0. The van der Waals surface area contributed by atoms with Crippen LogP contribution < -0.4 is 5.32 Å². The first kappa shape index (κ1) is 15.4. The monoisotopic (exact) mass is 342 g/mol. The Morgan fingerprint density at radius 3 is 2.46 bits per heavy atom. The van der Waals surface area contributed by atoms with Gasteiger partial charge in [-0.3, -0.25) is 14.4 Å². The maximum Gasteiger partial charge on any atom is 0.240 e. The number of Topliss-reactive ketones (excluding diaryl/α,β-unsaturated/α-hetero) is 2. The molecule has 124 valence electrons. The smallest absolute Gasteiger partial charge is 0.240 e. The minimum absolute atomic E-state index is 0.397. The number of aromatic nitrogens is 1. The number of nitrogens with zero attached hydrogens (tertiary/aromatic N) is 1. The van der Waals surface area contributed by atoms with Crippen LogP contribution in [-0.4, -0.2) is 22.5 Å². The topological polar surface area (TPSA) is 76.1 Å². The number of nitrogens with one attached hydrogen (secondary N) is 1. The van der Waals surface area contributed by atoms with Gasteiger partial charge in [0.05, 0.1) is 10.2 Å². The van der Waals surface area contributed by atoms with Crippen LogP contribution in [0.4, 0.5) is 5.13 Å². The highest BCUT2D eigenvalue weighted by atomic mass is 32.1. The number of rotatable bonds is 2. The second-order valence-corrected chi connectivity index (χ2v) is 8.49. The molecule has 1 heterocycles. The summed E-state index contributed by atoms with van der Waals surface area (Å²) in [5.41, 5.74) is -1.93. The number of fused-ring (bicyclic) bond motifs is 3. The zero-order valence-electron chi connectivity index (χ0n) is 13.8. The fourth-order valence-corrected chi connectivity index (χ4v) is 5.26. The van der Waals surface area contributed by atoms with Crippen molar-refractivity contribution < 1.29 is 14.4 Å². The lowest BCUT2D eigenvalue weighted by molar-refractivity contribution is -0.147. The van der Waals surface area contributed by atoms with Gasteiger partial charge in [0, 0.05) is 5.41 Å². The van der Waals surface area contributed by atoms with Gasteiger partial charge >= 0.3 is 0 Å². The van der Waals surface area contributed by atoms with Crippen molar-refractivity contribution in [3.8, 4) is 0 Å². The van der Waals surface area contributed by atoms with Crippen molar-refractivity contribution in [1.29, 1.82) is 0 Å². The van der Waals surface area contributed by atoms with E-state index in [-0.39, 0.29) is 0 Å². The Morgan fingerprint density at radius 2 is 1.83 bits per heavy atom. The highest BCUT2D eigenvalue weighted by molar-refractivity contribution is 7.22. The lowest BCUT2D eigenvalue weighted by atomic mass is 9.64. The quantitative estimate of drug-likeness (QED) is 0.672. The Bertz CT molecular complexity index is 883. The predicted octanol–water partition coefficient (Wildman–Crippen LogP) is 3.20. The molecule has 24 heavy (non-hydrogen) atoms. The van der Waals surface area contributed by atoms with Crippen molar-refractivity contribution in [3.05, 3.63) is 24.3 Å². The van der Waals surface area contributed by atoms with Crippen LogP contribution in [0.1, 0.15) is 33.6 Å². The van der Waals surface area contributed by atoms with Gasteiger partial charge in [0.2, 0.25) is 17.5 Å². The third-order valence-electron chi connectivity index (χ3n) is 6.44. The van der Waals surface area contributed by atoms with E-state index in [1.807, 2.05) is 45.0 Å². The lowest BCUT2D eigenvalue weighted by Crippen LogP contribution is -2.47. The van der Waals surface area contributed by atoms with Crippen molar-refractivity contribution >= 4 is 44.2 Å². The third kappa shape index (κ3) is 1.55. The van der Waals surface area contributed by atoms with Crippen molar-refractivity contribution in [2.45, 2.75) is 33.6 Å². The first-order valence-corrected chi connectivity index (χ1v) is 8.82. The highest BCUT2D eigenvalue weighted by Crippen LogP contribution is 2.69. The summed E-state index contributed by atoms with van der Waals surface area (Å²) in [6, 6.07) is 7.61. The zero-order chi connectivity index (χ0) is 17.3. The molecule has 2 atom stereocenters. The van der Waals surface area contributed by atoms with E-state index < -0.39 is 33.7 Å². The molecule has 2 saturated carbocycles. The summed E-state index contributed by atoms with van der Waals surface area (Å²) in [6.45, 7) is 5.54. The molecular weight excluding hydrogens is 324 g/mol. The van der Waals surface area contributed by atoms with Gasteiger partial charge in [0.25, 0.3) is 0 Å². The van der Waals surface area contributed by atoms with Gasteiger partial charge in [-0.05, 0) is 30.4 Å². The molecule has 1 aromatic heterocycles. The maximum absolute atomic E-state index is 13.1. The minimum atomic E-state index is -1.28. The second kappa shape index (κ2) is 4.51. The summed E-state index contributed by atoms with van der Waals surface area (Å²) >= 11 is 1.37. The van der Waals surface area contributed by atoms with Gasteiger partial charge in [-0.15, -0.1) is 0 Å². The lowest BCUT2D eigenvalue weighted by Gasteiger charge is -2.36. The van der Waals surface area contributed by atoms with Crippen LogP contribution in [0.15, 0.2) is 24.3 Å². The molecule has 0 saturated heterocycles. The van der Waals surface area contributed by atoms with E-state index in [1.54, 1.807) is 0 Å². The number of anilines is 1. The first-order chi connectivity index (χ1) is 11.2. The van der Waals surface area contributed by atoms with Gasteiger partial charge in [0.15, 0.2) is 5.13 Å². The van der Waals surface area contributed by atoms with Crippen LogP contribution in [0.25, 0.3) is 10.2 Å². The SMILES string of the molecule is CC1(C)[C@]2(C(=O)Nc3nc4ccccc4s3)CC[C@@]1(C)C(=O)C2=O. The van der Waals surface area contributed by atoms with Gasteiger partial charge in [-0.1, -0.05) is 44.2 Å². The molecule has 1 N–H and O–H groups in total. The Hall–Kier alpha value is -2.08. The number of ketones is 2. The summed E-state index contributed by atoms with van der Waals surface area (Å²) in [5, 5.41) is 3.28. The highest BCUT2D eigenvalue weighted by Gasteiger charge is 2.77. The molecule has 2 aromatic rings. The van der Waals surface area contributed by atoms with Crippen molar-refractivity contribution in [3.63, 3.8) is 0 Å². The van der Waals surface area contributed by atoms with E-state index in [1.165, 1.54) is 11.3 Å². The van der Waals surface area contributed by atoms with Crippen LogP contribution in [0, 0.1) is 16.2 Å². The van der Waals surface area contributed by atoms with Crippen molar-refractivity contribution in [2.24, 2.45) is 16.2 Å². The average molecular weight is 342 g/mol. The Balaban J connectivity index is 1.74. The van der Waals surface area contributed by atoms with E-state index in [0.717, 1.165) is 10.2 Å². The van der Waals surface area contributed by atoms with Crippen LogP contribution in [0.3, 0.4) is 0 Å². The van der Waals surface area contributed by atoms with Gasteiger partial charge in [-0.25, -0.2) is 4.98 Å². The van der Waals surface area contributed by atoms with E-state index in [2.05, 4.69) is 10.3 Å². The summed E-state index contributed by atoms with van der Waals surface area (Å²) in [6.07, 6.45) is 0.982. The predicted molar refractivity (Wildman–Crippen MR) is 91.8 cm³/mol. The van der Waals surface area contributed by atoms with Crippen LogP contribution in [-0.2, 0) is 14.4 Å². The molecule has 2 bridgehead atoms. The number of hydrogen-bond acceptors (Lipinski definition) is 5. The molecule has 2 aliphatic rings. The van der Waals surface area contributed by atoms with Gasteiger partial charge in [-0.2, -0.15) is 0 Å². The molecule has 0 radical (unpaired) electrons. The number of amides is 1. The molecule has 6 heteroatoms. The molecule has 2 aliphatic carbocycles. The standard InChI is InChI=1S/C18H18N2O3S/c1-16(2)17(3)8-9-18(16,13(22)12(17)21)14(23)20-15-19-10-6-4-5-7-11(10)24-15/h4-7H,8-9H2,1-3H3,(H,19,20,23)/t17-,18+/m0/s1. The Kier molecular flexibility index (Phi) is 2.90. The molecule has 0 spiro atoms. The second-order valence-electron chi connectivity index (χ2n) is 7.46. The molecule has 1 amide bonds. The van der Waals surface area contributed by atoms with Crippen LogP contribution >= 0.6 is 11.3 Å². The van der Waals surface area contributed by atoms with E-state index in [4.69, 9.17) is 0 Å². The summed E-state index contributed by atoms with van der Waals surface area (Å²) in [4.78, 5) is 42.6. The fraction of sp³-hybridized carbons (Fsp3) is 0.444. The van der Waals surface area contributed by atoms with E-state index in [9.17, 15) is 14.4 Å². The Labute approximate surface area is 143 Å². The van der Waals surface area contributed by atoms with Crippen LogP contribution in [0.2, 0.25) is 0 Å². The largest absolute Gasteiger partial charge is 0.301 e. The molecule has 2 fully saturated rings. The molecular formula is C18H18N2O3S. The minimum Gasteiger partial charge on any atom is -0.301 e. The van der Waals surface area contributed by atoms with Crippen molar-refractivity contribution in [1.82, 2.24) is 4.98 Å². The number of thiazole rings is 1. The molecule has 0 unspecified atom stereocenters. The average Bonchev–Trinajstić information content (AvgIpc) is 3.06. The number of carbonyl (C=O) groups is 3. The van der Waals surface area contributed by atoms with Gasteiger partial charge < -0.3 is 5.32 Å². The normalized spacial score (nSPS) is 31.0. The molecule has 1 aromatic carbocycles. The summed E-state index contributed by atoms with van der Waals surface area (Å²) < 4.78 is 0.967. The summed E-state index contributed by atoms with van der Waals surface area (Å²) in [5.74, 6) is -1.34. The Morgan fingerprint density at radius 1 is 1.12 bits per heavy atom. The number of para-hydroxylation sites is 1. The van der Waals surface area contributed by atoms with E-state index >= 15 is 0 Å². The fourth-order valence-electron chi connectivity index (χ4n) is 4.40.